The molecule has 0 atom stereocenters. The molecule has 1 aromatic heterocycles. The van der Waals surface area contributed by atoms with Crippen LogP contribution in [-0.4, -0.2) is 26.2 Å². The first-order valence-electron chi connectivity index (χ1n) is 5.30. The minimum absolute atomic E-state index is 1.09. The van der Waals surface area contributed by atoms with Gasteiger partial charge in [0, 0.05) is 37.0 Å². The number of hydrogen-bond acceptors (Lipinski definition) is 3. The van der Waals surface area contributed by atoms with Crippen LogP contribution < -0.4 is 10.2 Å². The number of nitrogens with zero attached hydrogens (tertiary/aromatic N) is 1. The number of anilines is 1. The molecule has 2 aromatic rings. The molecule has 0 unspecified atom stereocenters. The van der Waals surface area contributed by atoms with E-state index in [2.05, 4.69) is 39.9 Å². The Kier molecular flexibility index (Phi) is 2.35. The molecule has 1 aromatic carbocycles. The molecule has 0 saturated carbocycles. The maximum absolute atomic E-state index is 3.38. The molecule has 2 heterocycles. The van der Waals surface area contributed by atoms with E-state index >= 15 is 0 Å². The van der Waals surface area contributed by atoms with Gasteiger partial charge >= 0.3 is 0 Å². The van der Waals surface area contributed by atoms with Crippen LogP contribution in [0.5, 0.6) is 0 Å². The standard InChI is InChI=1S/C12H13N2S/c1-2-4-11-10(3-1)9-15-12(11)14-7-5-13-6-8-14/h1-4,13H,5-8H2. The number of hydrogen-bond donors (Lipinski definition) is 1. The van der Waals surface area contributed by atoms with Crippen LogP contribution in [0.4, 0.5) is 5.00 Å². The summed E-state index contributed by atoms with van der Waals surface area (Å²) in [5.74, 6) is 0. The smallest absolute Gasteiger partial charge is 0.0996 e. The Morgan fingerprint density at radius 1 is 1.20 bits per heavy atom. The summed E-state index contributed by atoms with van der Waals surface area (Å²) in [6.07, 6.45) is 0. The third kappa shape index (κ3) is 1.62. The Labute approximate surface area is 93.5 Å². The molecular formula is C12H13N2S. The summed E-state index contributed by atoms with van der Waals surface area (Å²) in [5, 5.41) is 10.7. The number of nitrogens with one attached hydrogen (secondary N) is 1. The van der Waals surface area contributed by atoms with Gasteiger partial charge in [-0.3, -0.25) is 0 Å². The first kappa shape index (κ1) is 9.19. The molecule has 1 aliphatic heterocycles. The van der Waals surface area contributed by atoms with E-state index in [1.807, 2.05) is 0 Å². The minimum Gasteiger partial charge on any atom is -0.360 e. The van der Waals surface area contributed by atoms with Gasteiger partial charge < -0.3 is 10.2 Å². The van der Waals surface area contributed by atoms with Crippen molar-refractivity contribution in [2.24, 2.45) is 0 Å². The van der Waals surface area contributed by atoms with Crippen LogP contribution in [0.1, 0.15) is 0 Å². The van der Waals surface area contributed by atoms with Crippen molar-refractivity contribution in [1.82, 2.24) is 5.32 Å². The Bertz CT molecular complexity index is 457. The van der Waals surface area contributed by atoms with Crippen LogP contribution in [0.3, 0.4) is 0 Å². The fraction of sp³-hybridized carbons (Fsp3) is 0.333. The van der Waals surface area contributed by atoms with Crippen molar-refractivity contribution >= 4 is 27.1 Å². The molecule has 0 aliphatic carbocycles. The summed E-state index contributed by atoms with van der Waals surface area (Å²) in [5.41, 5.74) is 0. The maximum atomic E-state index is 3.38. The van der Waals surface area contributed by atoms with Gasteiger partial charge in [0.1, 0.15) is 0 Å². The quantitative estimate of drug-likeness (QED) is 0.787. The zero-order valence-corrected chi connectivity index (χ0v) is 9.31. The van der Waals surface area contributed by atoms with Crippen molar-refractivity contribution in [2.75, 3.05) is 31.1 Å². The molecular weight excluding hydrogens is 204 g/mol. The summed E-state index contributed by atoms with van der Waals surface area (Å²) < 4.78 is 0. The van der Waals surface area contributed by atoms with E-state index in [1.54, 1.807) is 11.3 Å². The fourth-order valence-electron chi connectivity index (χ4n) is 2.02. The molecule has 0 spiro atoms. The van der Waals surface area contributed by atoms with Gasteiger partial charge in [0.05, 0.1) is 10.4 Å². The average Bonchev–Trinajstić information content (AvgIpc) is 2.74. The summed E-state index contributed by atoms with van der Waals surface area (Å²) in [4.78, 5) is 2.46. The van der Waals surface area contributed by atoms with Crippen LogP contribution in [0.2, 0.25) is 0 Å². The molecule has 15 heavy (non-hydrogen) atoms. The molecule has 3 heteroatoms. The Balaban J connectivity index is 2.02. The topological polar surface area (TPSA) is 15.3 Å². The number of rotatable bonds is 1. The van der Waals surface area contributed by atoms with Crippen molar-refractivity contribution in [3.05, 3.63) is 29.6 Å². The lowest BCUT2D eigenvalue weighted by Gasteiger charge is -2.28. The summed E-state index contributed by atoms with van der Waals surface area (Å²) >= 11 is 1.74. The van der Waals surface area contributed by atoms with Gasteiger partial charge in [-0.25, -0.2) is 0 Å². The van der Waals surface area contributed by atoms with E-state index in [1.165, 1.54) is 15.8 Å². The van der Waals surface area contributed by atoms with Crippen LogP contribution in [0.25, 0.3) is 10.8 Å². The summed E-state index contributed by atoms with van der Waals surface area (Å²) in [7, 11) is 0. The summed E-state index contributed by atoms with van der Waals surface area (Å²) in [6, 6.07) is 8.51. The van der Waals surface area contributed by atoms with Gasteiger partial charge in [-0.2, -0.15) is 0 Å². The first-order chi connectivity index (χ1) is 7.45. The second kappa shape index (κ2) is 3.83. The lowest BCUT2D eigenvalue weighted by molar-refractivity contribution is 0.593. The zero-order chi connectivity index (χ0) is 10.1. The summed E-state index contributed by atoms with van der Waals surface area (Å²) in [6.45, 7) is 4.40. The monoisotopic (exact) mass is 217 g/mol. The number of thiophene rings is 1. The molecule has 1 aliphatic rings. The van der Waals surface area contributed by atoms with Crippen molar-refractivity contribution in [3.8, 4) is 0 Å². The van der Waals surface area contributed by atoms with Crippen molar-refractivity contribution in [2.45, 2.75) is 0 Å². The molecule has 3 rings (SSSR count). The van der Waals surface area contributed by atoms with Crippen molar-refractivity contribution in [3.63, 3.8) is 0 Å². The SMILES string of the molecule is [c]1sc(N2CCNCC2)c2ccccc12. The Morgan fingerprint density at radius 2 is 2.00 bits per heavy atom. The second-order valence-electron chi connectivity index (χ2n) is 3.79. The van der Waals surface area contributed by atoms with E-state index in [0.717, 1.165) is 26.2 Å². The van der Waals surface area contributed by atoms with E-state index in [9.17, 15) is 0 Å². The largest absolute Gasteiger partial charge is 0.360 e. The highest BCUT2D eigenvalue weighted by Gasteiger charge is 2.14. The minimum atomic E-state index is 1.09. The highest BCUT2D eigenvalue weighted by Crippen LogP contribution is 2.33. The van der Waals surface area contributed by atoms with Gasteiger partial charge in [0.25, 0.3) is 0 Å². The van der Waals surface area contributed by atoms with Gasteiger partial charge in [-0.15, -0.1) is 11.3 Å². The van der Waals surface area contributed by atoms with E-state index in [0.29, 0.717) is 0 Å². The lowest BCUT2D eigenvalue weighted by atomic mass is 10.2. The van der Waals surface area contributed by atoms with Crippen LogP contribution in [-0.2, 0) is 0 Å². The molecule has 1 saturated heterocycles. The Morgan fingerprint density at radius 3 is 2.87 bits per heavy atom. The molecule has 1 N–H and O–H groups in total. The van der Waals surface area contributed by atoms with Gasteiger partial charge in [-0.05, 0) is 0 Å². The highest BCUT2D eigenvalue weighted by atomic mass is 32.1. The normalized spacial score (nSPS) is 17.2. The number of fused-ring (bicyclic) bond motifs is 1. The van der Waals surface area contributed by atoms with E-state index in [-0.39, 0.29) is 0 Å². The average molecular weight is 217 g/mol. The van der Waals surface area contributed by atoms with Gasteiger partial charge in [0.2, 0.25) is 0 Å². The van der Waals surface area contributed by atoms with Crippen LogP contribution in [0, 0.1) is 5.38 Å². The third-order valence-electron chi connectivity index (χ3n) is 2.82. The lowest BCUT2D eigenvalue weighted by Crippen LogP contribution is -2.43. The molecule has 77 valence electrons. The van der Waals surface area contributed by atoms with Crippen LogP contribution >= 0.6 is 11.3 Å². The first-order valence-corrected chi connectivity index (χ1v) is 6.12. The van der Waals surface area contributed by atoms with Gasteiger partial charge in [-0.1, -0.05) is 24.3 Å². The molecule has 1 fully saturated rings. The zero-order valence-electron chi connectivity index (χ0n) is 8.49. The molecule has 1 radical (unpaired) electrons. The highest BCUT2D eigenvalue weighted by molar-refractivity contribution is 7.15. The predicted octanol–water partition coefficient (Wildman–Crippen LogP) is 2.11. The third-order valence-corrected chi connectivity index (χ3v) is 3.81. The maximum Gasteiger partial charge on any atom is 0.0996 e. The number of piperazine rings is 1. The number of benzene rings is 1. The Hall–Kier alpha value is -1.06. The van der Waals surface area contributed by atoms with Crippen molar-refractivity contribution in [1.29, 1.82) is 0 Å². The molecule has 0 amide bonds. The molecule has 2 nitrogen and oxygen atoms in total. The van der Waals surface area contributed by atoms with Gasteiger partial charge in [0.15, 0.2) is 0 Å². The van der Waals surface area contributed by atoms with Crippen molar-refractivity contribution < 1.29 is 0 Å². The van der Waals surface area contributed by atoms with E-state index < -0.39 is 0 Å². The second-order valence-corrected chi connectivity index (χ2v) is 4.59. The van der Waals surface area contributed by atoms with Crippen LogP contribution in [0.15, 0.2) is 24.3 Å². The fourth-order valence-corrected chi connectivity index (χ4v) is 3.00. The predicted molar refractivity (Wildman–Crippen MR) is 65.7 cm³/mol. The molecule has 0 bridgehead atoms. The van der Waals surface area contributed by atoms with E-state index in [4.69, 9.17) is 0 Å².